The number of likely N-dealkylation sites (N-methyl/N-ethyl adjacent to an activating group) is 1. The van der Waals surface area contributed by atoms with E-state index in [1.54, 1.807) is 13.3 Å². The van der Waals surface area contributed by atoms with E-state index in [0.717, 1.165) is 24.5 Å². The highest BCUT2D eigenvalue weighted by Gasteiger charge is 2.14. The minimum absolute atomic E-state index is 0.390. The summed E-state index contributed by atoms with van der Waals surface area (Å²) in [6.07, 6.45) is 2.61. The van der Waals surface area contributed by atoms with E-state index >= 15 is 0 Å². The minimum atomic E-state index is 0.390. The third kappa shape index (κ3) is 3.58. The summed E-state index contributed by atoms with van der Waals surface area (Å²) in [5.74, 6) is 1.83. The Morgan fingerprint density at radius 1 is 1.32 bits per heavy atom. The predicted octanol–water partition coefficient (Wildman–Crippen LogP) is 2.75. The Morgan fingerprint density at radius 2 is 2.11 bits per heavy atom. The van der Waals surface area contributed by atoms with E-state index in [2.05, 4.69) is 30.1 Å². The number of ether oxygens (including phenoxy) is 1. The molecule has 1 aromatic heterocycles. The van der Waals surface area contributed by atoms with Crippen LogP contribution in [0.15, 0.2) is 41.1 Å². The summed E-state index contributed by atoms with van der Waals surface area (Å²) in [5, 5.41) is 3.72. The third-order valence-electron chi connectivity index (χ3n) is 3.36. The van der Waals surface area contributed by atoms with E-state index in [0.29, 0.717) is 6.04 Å². The first-order valence-corrected chi connectivity index (χ1v) is 6.42. The quantitative estimate of drug-likeness (QED) is 0.800. The predicted molar refractivity (Wildman–Crippen MR) is 74.1 cm³/mol. The van der Waals surface area contributed by atoms with E-state index in [1.165, 1.54) is 5.56 Å². The van der Waals surface area contributed by atoms with Gasteiger partial charge in [0.1, 0.15) is 5.75 Å². The second-order valence-corrected chi connectivity index (χ2v) is 4.76. The summed E-state index contributed by atoms with van der Waals surface area (Å²) in [6.45, 7) is 2.96. The Kier molecular flexibility index (Phi) is 4.58. The molecule has 4 nitrogen and oxygen atoms in total. The monoisotopic (exact) mass is 260 g/mol. The molecule has 1 aromatic carbocycles. The van der Waals surface area contributed by atoms with Crippen LogP contribution in [-0.4, -0.2) is 30.3 Å². The van der Waals surface area contributed by atoms with Crippen molar-refractivity contribution in [3.63, 3.8) is 0 Å². The van der Waals surface area contributed by atoms with Crippen LogP contribution in [0, 0.1) is 0 Å². The molecule has 1 heterocycles. The number of hydrogen-bond acceptors (Lipinski definition) is 4. The van der Waals surface area contributed by atoms with Crippen LogP contribution in [0.25, 0.3) is 0 Å². The zero-order valence-corrected chi connectivity index (χ0v) is 11.7. The maximum Gasteiger partial charge on any atom is 0.150 e. The number of benzene rings is 1. The van der Waals surface area contributed by atoms with Gasteiger partial charge in [-0.25, -0.2) is 0 Å². The largest absolute Gasteiger partial charge is 0.496 e. The molecule has 0 radical (unpaired) electrons. The van der Waals surface area contributed by atoms with E-state index in [4.69, 9.17) is 9.26 Å². The van der Waals surface area contributed by atoms with Gasteiger partial charge in [-0.15, -0.1) is 0 Å². The molecule has 0 unspecified atom stereocenters. The van der Waals surface area contributed by atoms with Crippen molar-refractivity contribution in [2.45, 2.75) is 25.9 Å². The summed E-state index contributed by atoms with van der Waals surface area (Å²) >= 11 is 0. The zero-order valence-electron chi connectivity index (χ0n) is 11.7. The van der Waals surface area contributed by atoms with E-state index in [9.17, 15) is 0 Å². The number of para-hydroxylation sites is 1. The number of nitrogens with zero attached hydrogens (tertiary/aromatic N) is 2. The van der Waals surface area contributed by atoms with Gasteiger partial charge < -0.3 is 9.26 Å². The number of aromatic nitrogens is 1. The summed E-state index contributed by atoms with van der Waals surface area (Å²) in [4.78, 5) is 2.24. The second kappa shape index (κ2) is 6.38. The van der Waals surface area contributed by atoms with Crippen molar-refractivity contribution in [2.75, 3.05) is 14.2 Å². The molecule has 2 rings (SSSR count). The molecule has 0 N–H and O–H groups in total. The van der Waals surface area contributed by atoms with Gasteiger partial charge in [0, 0.05) is 12.1 Å². The number of methoxy groups -OCH3 is 1. The fourth-order valence-electron chi connectivity index (χ4n) is 2.07. The van der Waals surface area contributed by atoms with Crippen LogP contribution < -0.4 is 4.74 Å². The van der Waals surface area contributed by atoms with Gasteiger partial charge in [-0.2, -0.15) is 0 Å². The summed E-state index contributed by atoms with van der Waals surface area (Å²) in [7, 11) is 3.80. The lowest BCUT2D eigenvalue weighted by Gasteiger charge is -2.24. The fraction of sp³-hybridized carbons (Fsp3) is 0.400. The maximum atomic E-state index is 5.38. The van der Waals surface area contributed by atoms with Crippen LogP contribution in [0.4, 0.5) is 0 Å². The second-order valence-electron chi connectivity index (χ2n) is 4.76. The topological polar surface area (TPSA) is 38.5 Å². The minimum Gasteiger partial charge on any atom is -0.496 e. The number of rotatable bonds is 6. The van der Waals surface area contributed by atoms with Gasteiger partial charge in [-0.1, -0.05) is 23.4 Å². The molecule has 0 bridgehead atoms. The molecule has 0 fully saturated rings. The van der Waals surface area contributed by atoms with Crippen molar-refractivity contribution in [1.29, 1.82) is 0 Å². The zero-order chi connectivity index (χ0) is 13.7. The van der Waals surface area contributed by atoms with E-state index < -0.39 is 0 Å². The average molecular weight is 260 g/mol. The van der Waals surface area contributed by atoms with Gasteiger partial charge in [0.25, 0.3) is 0 Å². The molecule has 4 heteroatoms. The molecule has 0 spiro atoms. The molecule has 0 aliphatic carbocycles. The van der Waals surface area contributed by atoms with Crippen molar-refractivity contribution in [3.8, 4) is 5.75 Å². The van der Waals surface area contributed by atoms with E-state index in [-0.39, 0.29) is 0 Å². The normalized spacial score (nSPS) is 12.6. The van der Waals surface area contributed by atoms with Crippen LogP contribution in [0.2, 0.25) is 0 Å². The van der Waals surface area contributed by atoms with Crippen molar-refractivity contribution in [1.82, 2.24) is 10.1 Å². The Morgan fingerprint density at radius 3 is 2.79 bits per heavy atom. The molecule has 0 saturated heterocycles. The Hall–Kier alpha value is -1.81. The van der Waals surface area contributed by atoms with Crippen molar-refractivity contribution in [3.05, 3.63) is 47.9 Å². The molecule has 0 saturated carbocycles. The third-order valence-corrected chi connectivity index (χ3v) is 3.36. The summed E-state index contributed by atoms with van der Waals surface area (Å²) in [6, 6.07) is 10.4. The lowest BCUT2D eigenvalue weighted by Crippen LogP contribution is -2.30. The molecule has 0 aliphatic heterocycles. The van der Waals surface area contributed by atoms with E-state index in [1.807, 2.05) is 24.3 Å². The molecule has 102 valence electrons. The smallest absolute Gasteiger partial charge is 0.150 e. The summed E-state index contributed by atoms with van der Waals surface area (Å²) < 4.78 is 10.5. The van der Waals surface area contributed by atoms with Crippen LogP contribution >= 0.6 is 0 Å². The van der Waals surface area contributed by atoms with Gasteiger partial charge in [0.2, 0.25) is 0 Å². The first-order valence-electron chi connectivity index (χ1n) is 6.42. The molecule has 2 aromatic rings. The lowest BCUT2D eigenvalue weighted by atomic mass is 10.1. The summed E-state index contributed by atoms with van der Waals surface area (Å²) in [5.41, 5.74) is 1.22. The van der Waals surface area contributed by atoms with Crippen LogP contribution in [0.1, 0.15) is 18.2 Å². The lowest BCUT2D eigenvalue weighted by molar-refractivity contribution is 0.217. The van der Waals surface area contributed by atoms with Gasteiger partial charge in [-0.05, 0) is 32.0 Å². The number of hydrogen-bond donors (Lipinski definition) is 0. The molecule has 19 heavy (non-hydrogen) atoms. The standard InChI is InChI=1S/C15H20N2O2/c1-12(17(2)11-14-8-9-16-19-14)10-13-6-4-5-7-15(13)18-3/h4-9,12H,10-11H2,1-3H3/t12-/m0/s1. The van der Waals surface area contributed by atoms with Gasteiger partial charge in [0.15, 0.2) is 5.76 Å². The van der Waals surface area contributed by atoms with Crippen molar-refractivity contribution < 1.29 is 9.26 Å². The molecule has 0 aliphatic rings. The Bertz CT molecular complexity index is 497. The van der Waals surface area contributed by atoms with Gasteiger partial charge in [0.05, 0.1) is 19.9 Å². The SMILES string of the molecule is COc1ccccc1C[C@H](C)N(C)Cc1ccno1. The maximum absolute atomic E-state index is 5.38. The van der Waals surface area contributed by atoms with Crippen LogP contribution in [0.3, 0.4) is 0 Å². The first kappa shape index (κ1) is 13.6. The van der Waals surface area contributed by atoms with Crippen LogP contribution in [-0.2, 0) is 13.0 Å². The van der Waals surface area contributed by atoms with Crippen molar-refractivity contribution >= 4 is 0 Å². The molecule has 0 amide bonds. The van der Waals surface area contributed by atoms with Gasteiger partial charge in [-0.3, -0.25) is 4.90 Å². The fourth-order valence-corrected chi connectivity index (χ4v) is 2.07. The van der Waals surface area contributed by atoms with Gasteiger partial charge >= 0.3 is 0 Å². The molecular formula is C15H20N2O2. The highest BCUT2D eigenvalue weighted by atomic mass is 16.5. The Labute approximate surface area is 114 Å². The highest BCUT2D eigenvalue weighted by Crippen LogP contribution is 2.20. The molecular weight excluding hydrogens is 240 g/mol. The first-order chi connectivity index (χ1) is 9.20. The molecule has 1 atom stereocenters. The Balaban J connectivity index is 1.98. The average Bonchev–Trinajstić information content (AvgIpc) is 2.92. The highest BCUT2D eigenvalue weighted by molar-refractivity contribution is 5.33. The van der Waals surface area contributed by atoms with Crippen molar-refractivity contribution in [2.24, 2.45) is 0 Å². The van der Waals surface area contributed by atoms with Crippen LogP contribution in [0.5, 0.6) is 5.75 Å².